The first kappa shape index (κ1) is 12.7. The number of rotatable bonds is 3. The second-order valence-corrected chi connectivity index (χ2v) is 5.69. The SMILES string of the molecule is CC(C(=O)c1ccc2c(c1)CCCN2)N1CCCC1. The highest BCUT2D eigenvalue weighted by Crippen LogP contribution is 2.24. The highest BCUT2D eigenvalue weighted by Gasteiger charge is 2.25. The fourth-order valence-corrected chi connectivity index (χ4v) is 3.16. The molecular formula is C16H22N2O. The number of nitrogens with zero attached hydrogens (tertiary/aromatic N) is 1. The Bertz CT molecular complexity index is 478. The number of carbonyl (C=O) groups is 1. The third kappa shape index (κ3) is 2.52. The Labute approximate surface area is 115 Å². The van der Waals surface area contributed by atoms with Crippen LogP contribution in [0.5, 0.6) is 0 Å². The Hall–Kier alpha value is -1.35. The number of benzene rings is 1. The third-order valence-electron chi connectivity index (χ3n) is 4.40. The molecule has 0 aliphatic carbocycles. The molecule has 0 spiro atoms. The number of carbonyl (C=O) groups excluding carboxylic acids is 1. The van der Waals surface area contributed by atoms with Crippen LogP contribution in [0.4, 0.5) is 5.69 Å². The summed E-state index contributed by atoms with van der Waals surface area (Å²) < 4.78 is 0. The van der Waals surface area contributed by atoms with Gasteiger partial charge in [0.15, 0.2) is 5.78 Å². The van der Waals surface area contributed by atoms with Gasteiger partial charge in [-0.1, -0.05) is 0 Å². The lowest BCUT2D eigenvalue weighted by atomic mass is 9.97. The molecule has 3 nitrogen and oxygen atoms in total. The lowest BCUT2D eigenvalue weighted by molar-refractivity contribution is 0.0867. The minimum atomic E-state index is 0.0251. The van der Waals surface area contributed by atoms with Crippen molar-refractivity contribution in [3.63, 3.8) is 0 Å². The van der Waals surface area contributed by atoms with Gasteiger partial charge >= 0.3 is 0 Å². The van der Waals surface area contributed by atoms with Crippen molar-refractivity contribution in [1.29, 1.82) is 0 Å². The minimum Gasteiger partial charge on any atom is -0.385 e. The van der Waals surface area contributed by atoms with E-state index >= 15 is 0 Å². The van der Waals surface area contributed by atoms with Crippen molar-refractivity contribution < 1.29 is 4.79 Å². The molecule has 0 amide bonds. The van der Waals surface area contributed by atoms with Gasteiger partial charge in [-0.2, -0.15) is 0 Å². The van der Waals surface area contributed by atoms with Crippen LogP contribution in [-0.2, 0) is 6.42 Å². The Morgan fingerprint density at radius 3 is 2.84 bits per heavy atom. The number of nitrogens with one attached hydrogen (secondary N) is 1. The smallest absolute Gasteiger partial charge is 0.179 e. The van der Waals surface area contributed by atoms with Gasteiger partial charge in [0.25, 0.3) is 0 Å². The number of fused-ring (bicyclic) bond motifs is 1. The number of aryl methyl sites for hydroxylation is 1. The topological polar surface area (TPSA) is 32.3 Å². The van der Waals surface area contributed by atoms with E-state index in [4.69, 9.17) is 0 Å². The summed E-state index contributed by atoms with van der Waals surface area (Å²) in [6, 6.07) is 6.16. The number of anilines is 1. The van der Waals surface area contributed by atoms with Gasteiger partial charge in [-0.15, -0.1) is 0 Å². The predicted octanol–water partition coefficient (Wildman–Crippen LogP) is 2.71. The van der Waals surface area contributed by atoms with Crippen molar-refractivity contribution in [2.24, 2.45) is 0 Å². The molecule has 0 radical (unpaired) electrons. The van der Waals surface area contributed by atoms with Crippen LogP contribution < -0.4 is 5.32 Å². The summed E-state index contributed by atoms with van der Waals surface area (Å²) in [7, 11) is 0. The molecule has 3 rings (SSSR count). The van der Waals surface area contributed by atoms with Gasteiger partial charge in [0, 0.05) is 17.8 Å². The van der Waals surface area contributed by atoms with Crippen molar-refractivity contribution in [2.45, 2.75) is 38.6 Å². The van der Waals surface area contributed by atoms with Gasteiger partial charge in [0.1, 0.15) is 0 Å². The van der Waals surface area contributed by atoms with E-state index in [1.807, 2.05) is 13.0 Å². The van der Waals surface area contributed by atoms with Crippen molar-refractivity contribution in [2.75, 3.05) is 25.0 Å². The zero-order valence-corrected chi connectivity index (χ0v) is 11.6. The highest BCUT2D eigenvalue weighted by molar-refractivity contribution is 6.00. The van der Waals surface area contributed by atoms with Crippen molar-refractivity contribution in [1.82, 2.24) is 4.90 Å². The van der Waals surface area contributed by atoms with Crippen molar-refractivity contribution >= 4 is 11.5 Å². The Morgan fingerprint density at radius 1 is 1.26 bits per heavy atom. The quantitative estimate of drug-likeness (QED) is 0.846. The predicted molar refractivity (Wildman–Crippen MR) is 77.9 cm³/mol. The third-order valence-corrected chi connectivity index (χ3v) is 4.40. The average Bonchev–Trinajstić information content (AvgIpc) is 2.99. The molecule has 1 saturated heterocycles. The summed E-state index contributed by atoms with van der Waals surface area (Å²) in [5.41, 5.74) is 3.38. The molecule has 1 fully saturated rings. The van der Waals surface area contributed by atoms with Gasteiger partial charge in [-0.3, -0.25) is 9.69 Å². The molecular weight excluding hydrogens is 236 g/mol. The number of hydrogen-bond acceptors (Lipinski definition) is 3. The van der Waals surface area contributed by atoms with E-state index in [2.05, 4.69) is 22.3 Å². The normalized spacial score (nSPS) is 20.7. The van der Waals surface area contributed by atoms with Gasteiger partial charge in [-0.05, 0) is 69.5 Å². The van der Waals surface area contributed by atoms with Gasteiger partial charge in [0.05, 0.1) is 6.04 Å². The van der Waals surface area contributed by atoms with E-state index in [0.717, 1.165) is 38.0 Å². The Kier molecular flexibility index (Phi) is 3.56. The molecule has 102 valence electrons. The van der Waals surface area contributed by atoms with E-state index in [1.54, 1.807) is 0 Å². The second-order valence-electron chi connectivity index (χ2n) is 5.69. The molecule has 19 heavy (non-hydrogen) atoms. The van der Waals surface area contributed by atoms with E-state index in [1.165, 1.54) is 24.1 Å². The standard InChI is InChI=1S/C16H22N2O/c1-12(18-9-2-3-10-18)16(19)14-6-7-15-13(11-14)5-4-8-17-15/h6-7,11-12,17H,2-5,8-10H2,1H3. The Morgan fingerprint density at radius 2 is 2.05 bits per heavy atom. The fraction of sp³-hybridized carbons (Fsp3) is 0.562. The van der Waals surface area contributed by atoms with E-state index in [0.29, 0.717) is 0 Å². The maximum Gasteiger partial charge on any atom is 0.179 e. The highest BCUT2D eigenvalue weighted by atomic mass is 16.1. The summed E-state index contributed by atoms with van der Waals surface area (Å²) in [5.74, 6) is 0.273. The van der Waals surface area contributed by atoms with E-state index in [-0.39, 0.29) is 11.8 Å². The van der Waals surface area contributed by atoms with Crippen LogP contribution in [0.25, 0.3) is 0 Å². The van der Waals surface area contributed by atoms with Crippen LogP contribution in [0.2, 0.25) is 0 Å². The number of Topliss-reactive ketones (excluding diaryl/α,β-unsaturated/α-hetero) is 1. The molecule has 0 saturated carbocycles. The maximum atomic E-state index is 12.6. The molecule has 1 N–H and O–H groups in total. The van der Waals surface area contributed by atoms with Crippen LogP contribution in [-0.4, -0.2) is 36.4 Å². The van der Waals surface area contributed by atoms with Crippen LogP contribution in [0.1, 0.15) is 42.1 Å². The molecule has 1 aromatic rings. The lowest BCUT2D eigenvalue weighted by Gasteiger charge is -2.23. The van der Waals surface area contributed by atoms with Crippen LogP contribution in [0.15, 0.2) is 18.2 Å². The molecule has 2 heterocycles. The minimum absolute atomic E-state index is 0.0251. The molecule has 1 unspecified atom stereocenters. The fourth-order valence-electron chi connectivity index (χ4n) is 3.16. The lowest BCUT2D eigenvalue weighted by Crippen LogP contribution is -2.36. The first-order valence-corrected chi connectivity index (χ1v) is 7.41. The summed E-state index contributed by atoms with van der Waals surface area (Å²) >= 11 is 0. The summed E-state index contributed by atoms with van der Waals surface area (Å²) in [6.07, 6.45) is 4.70. The van der Waals surface area contributed by atoms with Gasteiger partial charge < -0.3 is 5.32 Å². The number of ketones is 1. The van der Waals surface area contributed by atoms with Crippen LogP contribution in [0, 0.1) is 0 Å². The average molecular weight is 258 g/mol. The molecule has 1 atom stereocenters. The van der Waals surface area contributed by atoms with Gasteiger partial charge in [0.2, 0.25) is 0 Å². The number of hydrogen-bond donors (Lipinski definition) is 1. The van der Waals surface area contributed by atoms with Crippen LogP contribution >= 0.6 is 0 Å². The van der Waals surface area contributed by atoms with E-state index in [9.17, 15) is 4.79 Å². The molecule has 3 heteroatoms. The number of likely N-dealkylation sites (tertiary alicyclic amines) is 1. The zero-order chi connectivity index (χ0) is 13.2. The molecule has 1 aromatic carbocycles. The summed E-state index contributed by atoms with van der Waals surface area (Å²) in [5, 5.41) is 3.39. The molecule has 2 aliphatic rings. The van der Waals surface area contributed by atoms with E-state index < -0.39 is 0 Å². The zero-order valence-electron chi connectivity index (χ0n) is 11.6. The monoisotopic (exact) mass is 258 g/mol. The molecule has 0 aromatic heterocycles. The van der Waals surface area contributed by atoms with Crippen molar-refractivity contribution in [3.05, 3.63) is 29.3 Å². The first-order valence-electron chi connectivity index (χ1n) is 7.41. The second kappa shape index (κ2) is 5.33. The summed E-state index contributed by atoms with van der Waals surface area (Å²) in [6.45, 7) is 5.23. The van der Waals surface area contributed by atoms with Crippen molar-refractivity contribution in [3.8, 4) is 0 Å². The van der Waals surface area contributed by atoms with Gasteiger partial charge in [-0.25, -0.2) is 0 Å². The largest absolute Gasteiger partial charge is 0.385 e. The first-order chi connectivity index (χ1) is 9.25. The summed E-state index contributed by atoms with van der Waals surface area (Å²) in [4.78, 5) is 14.9. The Balaban J connectivity index is 1.79. The van der Waals surface area contributed by atoms with Crippen LogP contribution in [0.3, 0.4) is 0 Å². The molecule has 0 bridgehead atoms. The maximum absolute atomic E-state index is 12.6. The molecule has 2 aliphatic heterocycles.